The summed E-state index contributed by atoms with van der Waals surface area (Å²) in [6.07, 6.45) is 1.66. The zero-order chi connectivity index (χ0) is 18.8. The van der Waals surface area contributed by atoms with Gasteiger partial charge < -0.3 is 19.9 Å². The molecular formula is C16H21F2N3O4. The normalized spacial score (nSPS) is 10.3. The van der Waals surface area contributed by atoms with E-state index in [1.54, 1.807) is 11.1 Å². The molecule has 0 fully saturated rings. The van der Waals surface area contributed by atoms with Gasteiger partial charge in [-0.2, -0.15) is 0 Å². The van der Waals surface area contributed by atoms with Crippen LogP contribution in [0.2, 0.25) is 0 Å². The second kappa shape index (κ2) is 10.4. The highest BCUT2D eigenvalue weighted by atomic mass is 19.1. The van der Waals surface area contributed by atoms with Crippen LogP contribution in [-0.4, -0.2) is 51.8 Å². The lowest BCUT2D eigenvalue weighted by Crippen LogP contribution is -2.27. The third kappa shape index (κ3) is 6.12. The van der Waals surface area contributed by atoms with Gasteiger partial charge in [-0.25, -0.2) is 13.8 Å². The van der Waals surface area contributed by atoms with E-state index < -0.39 is 11.6 Å². The average Bonchev–Trinajstić information content (AvgIpc) is 2.97. The predicted molar refractivity (Wildman–Crippen MR) is 86.1 cm³/mol. The summed E-state index contributed by atoms with van der Waals surface area (Å²) < 4.78 is 33.0. The molecule has 1 heterocycles. The first kappa shape index (κ1) is 20.5. The number of hydrogen-bond acceptors (Lipinski definition) is 5. The van der Waals surface area contributed by atoms with Gasteiger partial charge in [-0.3, -0.25) is 9.69 Å². The van der Waals surface area contributed by atoms with Crippen molar-refractivity contribution in [3.8, 4) is 5.75 Å². The maximum absolute atomic E-state index is 14.2. The van der Waals surface area contributed by atoms with Crippen LogP contribution in [0.4, 0.5) is 8.78 Å². The van der Waals surface area contributed by atoms with E-state index in [9.17, 15) is 8.78 Å². The SMILES string of the molecule is COc1ccc(F)c(CN(CCO)Cc2cnc(C)[nH]2)c1F.O=CO. The van der Waals surface area contributed by atoms with E-state index in [-0.39, 0.29) is 37.5 Å². The summed E-state index contributed by atoms with van der Waals surface area (Å²) in [6.45, 7) is 2.17. The average molecular weight is 357 g/mol. The van der Waals surface area contributed by atoms with Crippen molar-refractivity contribution in [2.45, 2.75) is 20.0 Å². The number of aryl methyl sites for hydroxylation is 1. The number of halogens is 2. The first-order valence-electron chi connectivity index (χ1n) is 7.39. The Morgan fingerprint density at radius 1 is 1.36 bits per heavy atom. The van der Waals surface area contributed by atoms with Crippen LogP contribution in [0.25, 0.3) is 0 Å². The molecule has 0 amide bonds. The molecule has 7 nitrogen and oxygen atoms in total. The zero-order valence-corrected chi connectivity index (χ0v) is 14.0. The first-order valence-corrected chi connectivity index (χ1v) is 7.39. The Morgan fingerprint density at radius 3 is 2.56 bits per heavy atom. The van der Waals surface area contributed by atoms with Crippen molar-refractivity contribution in [3.63, 3.8) is 0 Å². The molecule has 1 aromatic carbocycles. The smallest absolute Gasteiger partial charge is 0.290 e. The fraction of sp³-hybridized carbons (Fsp3) is 0.375. The van der Waals surface area contributed by atoms with Crippen LogP contribution in [0.3, 0.4) is 0 Å². The number of aliphatic hydroxyl groups is 1. The zero-order valence-electron chi connectivity index (χ0n) is 14.0. The largest absolute Gasteiger partial charge is 0.494 e. The van der Waals surface area contributed by atoms with Gasteiger partial charge in [0.05, 0.1) is 13.7 Å². The van der Waals surface area contributed by atoms with Gasteiger partial charge in [0.2, 0.25) is 0 Å². The van der Waals surface area contributed by atoms with Crippen LogP contribution in [-0.2, 0) is 17.9 Å². The highest BCUT2D eigenvalue weighted by Gasteiger charge is 2.18. The first-order chi connectivity index (χ1) is 12.0. The molecule has 2 aromatic rings. The number of benzene rings is 1. The Hall–Kier alpha value is -2.52. The van der Waals surface area contributed by atoms with Crippen LogP contribution in [0.1, 0.15) is 17.1 Å². The molecule has 9 heteroatoms. The van der Waals surface area contributed by atoms with Crippen molar-refractivity contribution in [1.82, 2.24) is 14.9 Å². The Bertz CT molecular complexity index is 679. The van der Waals surface area contributed by atoms with E-state index in [0.29, 0.717) is 6.54 Å². The fourth-order valence-corrected chi connectivity index (χ4v) is 2.25. The summed E-state index contributed by atoms with van der Waals surface area (Å²) in [7, 11) is 1.33. The van der Waals surface area contributed by atoms with Crippen molar-refractivity contribution in [3.05, 3.63) is 47.0 Å². The summed E-state index contributed by atoms with van der Waals surface area (Å²) in [5.74, 6) is -0.594. The number of aromatic nitrogens is 2. The van der Waals surface area contributed by atoms with E-state index in [1.807, 2.05) is 6.92 Å². The van der Waals surface area contributed by atoms with Gasteiger partial charge >= 0.3 is 0 Å². The molecule has 0 saturated carbocycles. The minimum Gasteiger partial charge on any atom is -0.494 e. The summed E-state index contributed by atoms with van der Waals surface area (Å²) in [5.41, 5.74) is 0.735. The van der Waals surface area contributed by atoms with E-state index in [1.165, 1.54) is 19.2 Å². The molecule has 1 aromatic heterocycles. The fourth-order valence-electron chi connectivity index (χ4n) is 2.25. The lowest BCUT2D eigenvalue weighted by atomic mass is 10.1. The van der Waals surface area contributed by atoms with Gasteiger partial charge in [0.1, 0.15) is 11.6 Å². The summed E-state index contributed by atoms with van der Waals surface area (Å²) in [4.78, 5) is 17.2. The van der Waals surface area contributed by atoms with Crippen LogP contribution < -0.4 is 4.74 Å². The molecule has 0 aliphatic carbocycles. The number of carbonyl (C=O) groups is 1. The Labute approximate surface area is 143 Å². The van der Waals surface area contributed by atoms with Gasteiger partial charge in [0.25, 0.3) is 6.47 Å². The molecular weight excluding hydrogens is 336 g/mol. The molecule has 138 valence electrons. The molecule has 0 radical (unpaired) electrons. The molecule has 0 bridgehead atoms. The number of ether oxygens (including phenoxy) is 1. The van der Waals surface area contributed by atoms with Crippen molar-refractivity contribution in [2.24, 2.45) is 0 Å². The summed E-state index contributed by atoms with van der Waals surface area (Å²) in [6, 6.07) is 2.43. The molecule has 25 heavy (non-hydrogen) atoms. The summed E-state index contributed by atoms with van der Waals surface area (Å²) >= 11 is 0. The molecule has 0 aliphatic rings. The number of carboxylic acid groups (broad SMARTS) is 1. The van der Waals surface area contributed by atoms with Crippen LogP contribution in [0.15, 0.2) is 18.3 Å². The predicted octanol–water partition coefficient (Wildman–Crippen LogP) is 1.70. The molecule has 0 unspecified atom stereocenters. The lowest BCUT2D eigenvalue weighted by molar-refractivity contribution is -0.122. The molecule has 3 N–H and O–H groups in total. The number of methoxy groups -OCH3 is 1. The van der Waals surface area contributed by atoms with Gasteiger partial charge in [-0.15, -0.1) is 0 Å². The van der Waals surface area contributed by atoms with E-state index in [0.717, 1.165) is 11.5 Å². The number of aliphatic hydroxyl groups excluding tert-OH is 1. The second-order valence-electron chi connectivity index (χ2n) is 5.08. The highest BCUT2D eigenvalue weighted by molar-refractivity contribution is 5.33. The van der Waals surface area contributed by atoms with Crippen molar-refractivity contribution < 1.29 is 28.5 Å². The molecule has 0 atom stereocenters. The number of hydrogen-bond donors (Lipinski definition) is 3. The second-order valence-corrected chi connectivity index (χ2v) is 5.08. The Balaban J connectivity index is 0.000000970. The minimum atomic E-state index is -0.716. The van der Waals surface area contributed by atoms with Crippen LogP contribution >= 0.6 is 0 Å². The lowest BCUT2D eigenvalue weighted by Gasteiger charge is -2.21. The molecule has 0 spiro atoms. The van der Waals surface area contributed by atoms with Crippen molar-refractivity contribution in [2.75, 3.05) is 20.3 Å². The van der Waals surface area contributed by atoms with Gasteiger partial charge in [0, 0.05) is 37.1 Å². The maximum atomic E-state index is 14.2. The third-order valence-electron chi connectivity index (χ3n) is 3.32. The number of nitrogens with zero attached hydrogens (tertiary/aromatic N) is 2. The number of nitrogens with one attached hydrogen (secondary N) is 1. The monoisotopic (exact) mass is 357 g/mol. The Morgan fingerprint density at radius 2 is 2.04 bits per heavy atom. The molecule has 0 aliphatic heterocycles. The van der Waals surface area contributed by atoms with E-state index >= 15 is 0 Å². The van der Waals surface area contributed by atoms with Gasteiger partial charge in [-0.1, -0.05) is 0 Å². The number of imidazole rings is 1. The standard InChI is InChI=1S/C15H19F2N3O2.CH2O2/c1-10-18-7-11(19-10)8-20(5-6-21)9-12-13(16)3-4-14(22-2)15(12)17;2-1-3/h3-4,7,21H,5-6,8-9H2,1-2H3,(H,18,19);1H,(H,2,3). The number of rotatable bonds is 7. The minimum absolute atomic E-state index is 0.00210. The molecule has 0 saturated heterocycles. The van der Waals surface area contributed by atoms with E-state index in [2.05, 4.69) is 9.97 Å². The third-order valence-corrected chi connectivity index (χ3v) is 3.32. The number of aromatic amines is 1. The van der Waals surface area contributed by atoms with Crippen molar-refractivity contribution in [1.29, 1.82) is 0 Å². The quantitative estimate of drug-likeness (QED) is 0.653. The summed E-state index contributed by atoms with van der Waals surface area (Å²) in [5, 5.41) is 16.0. The van der Waals surface area contributed by atoms with Gasteiger partial charge in [-0.05, 0) is 19.1 Å². The topological polar surface area (TPSA) is 98.7 Å². The maximum Gasteiger partial charge on any atom is 0.290 e. The van der Waals surface area contributed by atoms with Crippen LogP contribution in [0, 0.1) is 18.6 Å². The highest BCUT2D eigenvalue weighted by Crippen LogP contribution is 2.24. The number of H-pyrrole nitrogens is 1. The van der Waals surface area contributed by atoms with Crippen LogP contribution in [0.5, 0.6) is 5.75 Å². The Kier molecular flexibility index (Phi) is 8.51. The van der Waals surface area contributed by atoms with Gasteiger partial charge in [0.15, 0.2) is 11.6 Å². The molecule has 2 rings (SSSR count). The van der Waals surface area contributed by atoms with E-state index in [4.69, 9.17) is 19.7 Å². The van der Waals surface area contributed by atoms with Crippen molar-refractivity contribution >= 4 is 6.47 Å².